The molecule has 8 nitrogen and oxygen atoms in total. The van der Waals surface area contributed by atoms with Crippen molar-refractivity contribution in [2.45, 2.75) is 13.5 Å². The van der Waals surface area contributed by atoms with Crippen molar-refractivity contribution < 1.29 is 18.7 Å². The molecule has 3 rings (SSSR count). The van der Waals surface area contributed by atoms with Crippen LogP contribution in [-0.2, 0) is 9.47 Å². The molecule has 9 heteroatoms. The Balaban J connectivity index is 0.00000208. The summed E-state index contributed by atoms with van der Waals surface area (Å²) in [6.45, 7) is 2.70. The van der Waals surface area contributed by atoms with Gasteiger partial charge < -0.3 is 14.4 Å². The zero-order valence-electron chi connectivity index (χ0n) is 12.4. The lowest BCUT2D eigenvalue weighted by molar-refractivity contribution is 0.122. The maximum absolute atomic E-state index is 14.4. The van der Waals surface area contributed by atoms with E-state index in [9.17, 15) is 9.18 Å². The van der Waals surface area contributed by atoms with Crippen LogP contribution in [0, 0.1) is 5.82 Å². The van der Waals surface area contributed by atoms with Crippen LogP contribution in [0.25, 0.3) is 10.4 Å². The summed E-state index contributed by atoms with van der Waals surface area (Å²) in [6, 6.07) is 4.66. The Morgan fingerprint density at radius 3 is 2.79 bits per heavy atom. The van der Waals surface area contributed by atoms with Gasteiger partial charge in [-0.2, -0.15) is 0 Å². The molecule has 1 aromatic rings. The second-order valence-electron chi connectivity index (χ2n) is 5.26. The van der Waals surface area contributed by atoms with E-state index < -0.39 is 18.0 Å². The van der Waals surface area contributed by atoms with Crippen molar-refractivity contribution in [3.63, 3.8) is 0 Å². The van der Waals surface area contributed by atoms with E-state index in [4.69, 9.17) is 15.0 Å². The number of carbonyl (C=O) groups excluding carboxylic acids is 1. The molecule has 0 saturated carbocycles. The minimum atomic E-state index is -0.568. The van der Waals surface area contributed by atoms with Crippen LogP contribution in [0.3, 0.4) is 0 Å². The van der Waals surface area contributed by atoms with Crippen LogP contribution < -0.4 is 9.80 Å². The molecule has 1 amide bonds. The molecule has 1 atom stereocenters. The highest BCUT2D eigenvalue weighted by atomic mass is 19.1. The van der Waals surface area contributed by atoms with Crippen molar-refractivity contribution >= 4 is 17.5 Å². The molecule has 0 bridgehead atoms. The number of azide groups is 1. The first-order valence-corrected chi connectivity index (χ1v) is 7.30. The molecule has 0 radical (unpaired) electrons. The van der Waals surface area contributed by atoms with Gasteiger partial charge in [0.05, 0.1) is 37.7 Å². The molecule has 0 aliphatic carbocycles. The number of carbonyl (C=O) groups is 1. The molecule has 1 aromatic carbocycles. The summed E-state index contributed by atoms with van der Waals surface area (Å²) < 4.78 is 24.7. The average molecular weight is 337 g/mol. The van der Waals surface area contributed by atoms with Gasteiger partial charge in [0.25, 0.3) is 0 Å². The molecule has 2 aliphatic rings. The fourth-order valence-corrected chi connectivity index (χ4v) is 2.68. The topological polar surface area (TPSA) is 90.8 Å². The zero-order valence-corrected chi connectivity index (χ0v) is 12.4. The molecule has 0 unspecified atom stereocenters. The highest BCUT2D eigenvalue weighted by Crippen LogP contribution is 2.28. The number of rotatable bonds is 4. The molecule has 0 aromatic heterocycles. The van der Waals surface area contributed by atoms with Gasteiger partial charge in [0, 0.05) is 18.0 Å². The number of amides is 1. The van der Waals surface area contributed by atoms with E-state index in [1.165, 1.54) is 11.0 Å². The largest absolute Gasteiger partial charge is 0.444 e. The molecular formula is C15H20FN5O3. The molecule has 0 spiro atoms. The van der Waals surface area contributed by atoms with Crippen LogP contribution >= 0.6 is 0 Å². The van der Waals surface area contributed by atoms with Gasteiger partial charge in [0.1, 0.15) is 11.9 Å². The Morgan fingerprint density at radius 1 is 1.38 bits per heavy atom. The first kappa shape index (κ1) is 17.8. The maximum Gasteiger partial charge on any atom is 0.414 e. The van der Waals surface area contributed by atoms with Gasteiger partial charge >= 0.3 is 6.09 Å². The zero-order chi connectivity index (χ0) is 16.2. The number of ether oxygens (including phenoxy) is 2. The lowest BCUT2D eigenvalue weighted by Gasteiger charge is -2.29. The number of halogens is 1. The number of nitrogens with zero attached hydrogens (tertiary/aromatic N) is 5. The number of hydrogen-bond donors (Lipinski definition) is 0. The van der Waals surface area contributed by atoms with Crippen molar-refractivity contribution in [2.24, 2.45) is 5.11 Å². The smallest absolute Gasteiger partial charge is 0.414 e. The van der Waals surface area contributed by atoms with Gasteiger partial charge in [0.15, 0.2) is 0 Å². The predicted molar refractivity (Wildman–Crippen MR) is 87.8 cm³/mol. The van der Waals surface area contributed by atoms with Crippen molar-refractivity contribution in [3.05, 3.63) is 34.5 Å². The van der Waals surface area contributed by atoms with E-state index >= 15 is 0 Å². The average Bonchev–Trinajstić information content (AvgIpc) is 2.94. The van der Waals surface area contributed by atoms with Gasteiger partial charge in [-0.3, -0.25) is 4.90 Å². The summed E-state index contributed by atoms with van der Waals surface area (Å²) in [7, 11) is 0. The standard InChI is InChI=1S/C14H16FN5O3.CH4/c15-12-7-10(1-2-13(12)19-3-5-22-6-4-19)20-9-11(8-17-18-16)23-14(20)21;/h1-2,7,11H,3-6,8-9H2;1H4/t11-;/m0./s1. The van der Waals surface area contributed by atoms with Gasteiger partial charge in [-0.1, -0.05) is 12.5 Å². The molecule has 0 N–H and O–H groups in total. The predicted octanol–water partition coefficient (Wildman–Crippen LogP) is 2.93. The third-order valence-corrected chi connectivity index (χ3v) is 3.82. The Bertz CT molecular complexity index is 644. The molecule has 130 valence electrons. The number of hydrogen-bond acceptors (Lipinski definition) is 5. The van der Waals surface area contributed by atoms with E-state index in [0.29, 0.717) is 37.7 Å². The van der Waals surface area contributed by atoms with E-state index in [0.717, 1.165) is 0 Å². The lowest BCUT2D eigenvalue weighted by Crippen LogP contribution is -2.36. The Labute approximate surface area is 139 Å². The van der Waals surface area contributed by atoms with Crippen LogP contribution in [-0.4, -0.2) is 51.6 Å². The van der Waals surface area contributed by atoms with Crippen LogP contribution in [0.4, 0.5) is 20.6 Å². The Hall–Kier alpha value is -2.51. The first-order chi connectivity index (χ1) is 11.2. The summed E-state index contributed by atoms with van der Waals surface area (Å²) in [4.78, 5) is 17.8. The molecule has 2 saturated heterocycles. The number of anilines is 2. The second-order valence-corrected chi connectivity index (χ2v) is 5.26. The molecule has 2 heterocycles. The molecule has 24 heavy (non-hydrogen) atoms. The number of benzene rings is 1. The highest BCUT2D eigenvalue weighted by Gasteiger charge is 2.32. The van der Waals surface area contributed by atoms with Crippen LogP contribution in [0.15, 0.2) is 23.3 Å². The third kappa shape index (κ3) is 3.69. The van der Waals surface area contributed by atoms with Crippen LogP contribution in [0.2, 0.25) is 0 Å². The number of morpholine rings is 1. The van der Waals surface area contributed by atoms with E-state index in [1.54, 1.807) is 12.1 Å². The summed E-state index contributed by atoms with van der Waals surface area (Å²) in [5.74, 6) is -0.393. The summed E-state index contributed by atoms with van der Waals surface area (Å²) in [5.41, 5.74) is 9.23. The van der Waals surface area contributed by atoms with E-state index in [2.05, 4.69) is 10.0 Å². The quantitative estimate of drug-likeness (QED) is 0.480. The van der Waals surface area contributed by atoms with Crippen molar-refractivity contribution in [1.29, 1.82) is 0 Å². The maximum atomic E-state index is 14.4. The Morgan fingerprint density at radius 2 is 2.12 bits per heavy atom. The fourth-order valence-electron chi connectivity index (χ4n) is 2.68. The Kier molecular flexibility index (Phi) is 5.83. The summed E-state index contributed by atoms with van der Waals surface area (Å²) >= 11 is 0. The lowest BCUT2D eigenvalue weighted by atomic mass is 10.2. The van der Waals surface area contributed by atoms with Crippen LogP contribution in [0.5, 0.6) is 0 Å². The molecular weight excluding hydrogens is 317 g/mol. The van der Waals surface area contributed by atoms with Crippen molar-refractivity contribution in [1.82, 2.24) is 0 Å². The van der Waals surface area contributed by atoms with Gasteiger partial charge in [-0.25, -0.2) is 9.18 Å². The van der Waals surface area contributed by atoms with Crippen molar-refractivity contribution in [3.8, 4) is 0 Å². The van der Waals surface area contributed by atoms with E-state index in [1.807, 2.05) is 4.90 Å². The first-order valence-electron chi connectivity index (χ1n) is 7.30. The summed E-state index contributed by atoms with van der Waals surface area (Å²) in [6.07, 6.45) is -1.08. The van der Waals surface area contributed by atoms with Gasteiger partial charge in [-0.15, -0.1) is 0 Å². The molecule has 2 fully saturated rings. The number of cyclic esters (lactones) is 1. The SMILES string of the molecule is C.[N-]=[N+]=NC[C@H]1CN(c2ccc(N3CCOCC3)c(F)c2)C(=O)O1. The van der Waals surface area contributed by atoms with Gasteiger partial charge in [0.2, 0.25) is 0 Å². The van der Waals surface area contributed by atoms with Gasteiger partial charge in [-0.05, 0) is 23.7 Å². The highest BCUT2D eigenvalue weighted by molar-refractivity contribution is 5.90. The summed E-state index contributed by atoms with van der Waals surface area (Å²) in [5, 5.41) is 3.39. The van der Waals surface area contributed by atoms with Crippen molar-refractivity contribution in [2.75, 3.05) is 49.2 Å². The monoisotopic (exact) mass is 337 g/mol. The second kappa shape index (κ2) is 7.85. The fraction of sp³-hybridized carbons (Fsp3) is 0.533. The minimum absolute atomic E-state index is 0. The van der Waals surface area contributed by atoms with E-state index in [-0.39, 0.29) is 20.5 Å². The minimum Gasteiger partial charge on any atom is -0.444 e. The molecule has 2 aliphatic heterocycles. The third-order valence-electron chi connectivity index (χ3n) is 3.82. The normalized spacial score (nSPS) is 20.2. The van der Waals surface area contributed by atoms with Crippen LogP contribution in [0.1, 0.15) is 7.43 Å².